The number of benzene rings is 3. The van der Waals surface area contributed by atoms with Gasteiger partial charge in [-0.05, 0) is 61.0 Å². The number of hydrogen-bond acceptors (Lipinski definition) is 4. The molecule has 160 valence electrons. The standard InChI is InChI=1S/C27H29NO2S/c1-2-3-4-5-6-9-18-30-23-15-13-22(14-16-23)28-24-10-7-8-11-26(24)31-27-19-21(20-29)12-17-25(27)28/h7-8,10-17,19-20H,2-6,9,18H2,1H3. The zero-order valence-electron chi connectivity index (χ0n) is 18.0. The molecule has 0 unspecified atom stereocenters. The second-order valence-corrected chi connectivity index (χ2v) is 8.94. The minimum atomic E-state index is 0.698. The highest BCUT2D eigenvalue weighted by Gasteiger charge is 2.24. The molecule has 0 saturated heterocycles. The molecule has 31 heavy (non-hydrogen) atoms. The van der Waals surface area contributed by atoms with Crippen molar-refractivity contribution in [3.05, 3.63) is 72.3 Å². The molecule has 3 aromatic rings. The van der Waals surface area contributed by atoms with Gasteiger partial charge in [0.25, 0.3) is 0 Å². The lowest BCUT2D eigenvalue weighted by Gasteiger charge is -2.33. The zero-order chi connectivity index (χ0) is 21.5. The maximum atomic E-state index is 11.3. The van der Waals surface area contributed by atoms with Gasteiger partial charge in [0.1, 0.15) is 12.0 Å². The second-order valence-electron chi connectivity index (χ2n) is 7.86. The molecule has 1 heterocycles. The molecular weight excluding hydrogens is 402 g/mol. The fourth-order valence-corrected chi connectivity index (χ4v) is 5.00. The van der Waals surface area contributed by atoms with Crippen molar-refractivity contribution in [2.24, 2.45) is 0 Å². The van der Waals surface area contributed by atoms with Gasteiger partial charge in [0, 0.05) is 21.0 Å². The Balaban J connectivity index is 1.48. The van der Waals surface area contributed by atoms with Gasteiger partial charge >= 0.3 is 0 Å². The Bertz CT molecular complexity index is 1020. The Hall–Kier alpha value is -2.72. The molecule has 0 atom stereocenters. The van der Waals surface area contributed by atoms with Crippen LogP contribution in [0.4, 0.5) is 17.1 Å². The van der Waals surface area contributed by atoms with Crippen LogP contribution in [0.5, 0.6) is 5.75 Å². The number of fused-ring (bicyclic) bond motifs is 2. The quantitative estimate of drug-likeness (QED) is 0.187. The largest absolute Gasteiger partial charge is 0.494 e. The van der Waals surface area contributed by atoms with Crippen LogP contribution in [0.2, 0.25) is 0 Å². The topological polar surface area (TPSA) is 29.5 Å². The van der Waals surface area contributed by atoms with Crippen molar-refractivity contribution in [1.29, 1.82) is 0 Å². The fraction of sp³-hybridized carbons (Fsp3) is 0.296. The van der Waals surface area contributed by atoms with Gasteiger partial charge in [-0.15, -0.1) is 0 Å². The van der Waals surface area contributed by atoms with E-state index in [0.717, 1.165) is 47.0 Å². The third-order valence-electron chi connectivity index (χ3n) is 5.55. The lowest BCUT2D eigenvalue weighted by molar-refractivity contribution is 0.112. The Morgan fingerprint density at radius 2 is 1.58 bits per heavy atom. The summed E-state index contributed by atoms with van der Waals surface area (Å²) in [5.74, 6) is 0.911. The summed E-state index contributed by atoms with van der Waals surface area (Å²) >= 11 is 1.71. The molecule has 0 fully saturated rings. The molecule has 0 amide bonds. The Labute approximate surface area is 189 Å². The molecule has 0 saturated carbocycles. The van der Waals surface area contributed by atoms with E-state index in [9.17, 15) is 4.79 Å². The molecule has 0 aliphatic carbocycles. The van der Waals surface area contributed by atoms with Gasteiger partial charge in [-0.1, -0.05) is 62.9 Å². The van der Waals surface area contributed by atoms with E-state index in [1.807, 2.05) is 18.2 Å². The van der Waals surface area contributed by atoms with Gasteiger partial charge in [-0.25, -0.2) is 0 Å². The second kappa shape index (κ2) is 10.5. The number of anilines is 3. The van der Waals surface area contributed by atoms with Gasteiger partial charge < -0.3 is 9.64 Å². The zero-order valence-corrected chi connectivity index (χ0v) is 18.9. The maximum absolute atomic E-state index is 11.3. The number of nitrogens with zero attached hydrogens (tertiary/aromatic N) is 1. The molecule has 3 aromatic carbocycles. The number of carbonyl (C=O) groups is 1. The van der Waals surface area contributed by atoms with Crippen LogP contribution >= 0.6 is 11.8 Å². The SMILES string of the molecule is CCCCCCCCOc1ccc(N2c3ccccc3Sc3cc(C=O)ccc32)cc1. The summed E-state index contributed by atoms with van der Waals surface area (Å²) < 4.78 is 5.96. The van der Waals surface area contributed by atoms with E-state index >= 15 is 0 Å². The monoisotopic (exact) mass is 431 g/mol. The van der Waals surface area contributed by atoms with E-state index in [-0.39, 0.29) is 0 Å². The molecule has 1 aliphatic rings. The van der Waals surface area contributed by atoms with Crippen LogP contribution < -0.4 is 9.64 Å². The molecular formula is C27H29NO2S. The summed E-state index contributed by atoms with van der Waals surface area (Å²) in [5, 5.41) is 0. The summed E-state index contributed by atoms with van der Waals surface area (Å²) in [7, 11) is 0. The predicted molar refractivity (Wildman–Crippen MR) is 130 cm³/mol. The van der Waals surface area contributed by atoms with Crippen molar-refractivity contribution >= 4 is 35.1 Å². The molecule has 1 aliphatic heterocycles. The van der Waals surface area contributed by atoms with E-state index in [2.05, 4.69) is 60.4 Å². The van der Waals surface area contributed by atoms with E-state index in [1.54, 1.807) is 11.8 Å². The molecule has 3 nitrogen and oxygen atoms in total. The summed E-state index contributed by atoms with van der Waals surface area (Å²) in [4.78, 5) is 15.8. The van der Waals surface area contributed by atoms with Crippen LogP contribution in [0.15, 0.2) is 76.5 Å². The van der Waals surface area contributed by atoms with Gasteiger partial charge in [-0.3, -0.25) is 4.79 Å². The number of carbonyl (C=O) groups excluding carboxylic acids is 1. The smallest absolute Gasteiger partial charge is 0.150 e. The average molecular weight is 432 g/mol. The van der Waals surface area contributed by atoms with Crippen LogP contribution in [0.25, 0.3) is 0 Å². The van der Waals surface area contributed by atoms with E-state index in [0.29, 0.717) is 5.56 Å². The average Bonchev–Trinajstić information content (AvgIpc) is 2.82. The highest BCUT2D eigenvalue weighted by molar-refractivity contribution is 7.99. The summed E-state index contributed by atoms with van der Waals surface area (Å²) in [5.41, 5.74) is 4.03. The van der Waals surface area contributed by atoms with Crippen LogP contribution in [-0.2, 0) is 0 Å². The van der Waals surface area contributed by atoms with Crippen LogP contribution in [-0.4, -0.2) is 12.9 Å². The third kappa shape index (κ3) is 5.13. The lowest BCUT2D eigenvalue weighted by Crippen LogP contribution is -2.15. The Morgan fingerprint density at radius 1 is 0.839 bits per heavy atom. The third-order valence-corrected chi connectivity index (χ3v) is 6.66. The maximum Gasteiger partial charge on any atom is 0.150 e. The van der Waals surface area contributed by atoms with Gasteiger partial charge in [0.05, 0.1) is 18.0 Å². The van der Waals surface area contributed by atoms with Gasteiger partial charge in [0.2, 0.25) is 0 Å². The highest BCUT2D eigenvalue weighted by Crippen LogP contribution is 2.51. The number of unbranched alkanes of at least 4 members (excludes halogenated alkanes) is 5. The minimum absolute atomic E-state index is 0.698. The van der Waals surface area contributed by atoms with Crippen molar-refractivity contribution in [2.45, 2.75) is 55.2 Å². The summed E-state index contributed by atoms with van der Waals surface area (Å²) in [6.45, 7) is 3.01. The van der Waals surface area contributed by atoms with Gasteiger partial charge in [-0.2, -0.15) is 0 Å². The molecule has 4 rings (SSSR count). The number of aldehydes is 1. The predicted octanol–water partition coefficient (Wildman–Crippen LogP) is 8.17. The minimum Gasteiger partial charge on any atom is -0.494 e. The van der Waals surface area contributed by atoms with Crippen molar-refractivity contribution in [3.63, 3.8) is 0 Å². The molecule has 0 bridgehead atoms. The van der Waals surface area contributed by atoms with E-state index in [1.165, 1.54) is 37.0 Å². The van der Waals surface area contributed by atoms with Crippen LogP contribution in [0.1, 0.15) is 55.8 Å². The highest BCUT2D eigenvalue weighted by atomic mass is 32.2. The number of para-hydroxylation sites is 1. The van der Waals surface area contributed by atoms with E-state index in [4.69, 9.17) is 4.74 Å². The first-order chi connectivity index (χ1) is 15.3. The molecule has 0 radical (unpaired) electrons. The summed E-state index contributed by atoms with van der Waals surface area (Å²) in [6, 6.07) is 22.6. The first-order valence-electron chi connectivity index (χ1n) is 11.2. The number of rotatable bonds is 10. The fourth-order valence-electron chi connectivity index (χ4n) is 3.89. The van der Waals surface area contributed by atoms with Crippen molar-refractivity contribution in [2.75, 3.05) is 11.5 Å². The van der Waals surface area contributed by atoms with E-state index < -0.39 is 0 Å². The van der Waals surface area contributed by atoms with Crippen molar-refractivity contribution in [3.8, 4) is 5.75 Å². The van der Waals surface area contributed by atoms with Gasteiger partial charge in [0.15, 0.2) is 0 Å². The van der Waals surface area contributed by atoms with Crippen molar-refractivity contribution < 1.29 is 9.53 Å². The Morgan fingerprint density at radius 3 is 2.39 bits per heavy atom. The van der Waals surface area contributed by atoms with Crippen LogP contribution in [0, 0.1) is 0 Å². The first-order valence-corrected chi connectivity index (χ1v) is 12.0. The Kier molecular flexibility index (Phi) is 7.31. The number of hydrogen-bond donors (Lipinski definition) is 0. The molecule has 0 spiro atoms. The molecule has 0 N–H and O–H groups in total. The normalized spacial score (nSPS) is 12.2. The van der Waals surface area contributed by atoms with Crippen molar-refractivity contribution in [1.82, 2.24) is 0 Å². The summed E-state index contributed by atoms with van der Waals surface area (Å²) in [6.07, 6.45) is 8.49. The number of ether oxygens (including phenoxy) is 1. The first kappa shape index (κ1) is 21.5. The van der Waals surface area contributed by atoms with Crippen LogP contribution in [0.3, 0.4) is 0 Å². The molecule has 0 aromatic heterocycles. The molecule has 4 heteroatoms. The lowest BCUT2D eigenvalue weighted by atomic mass is 10.1.